The molecule has 1 spiro atoms. The van der Waals surface area contributed by atoms with E-state index in [0.717, 1.165) is 44.7 Å². The van der Waals surface area contributed by atoms with Crippen molar-refractivity contribution < 1.29 is 9.53 Å². The summed E-state index contributed by atoms with van der Waals surface area (Å²) in [6.45, 7) is 8.36. The van der Waals surface area contributed by atoms with Crippen LogP contribution in [0, 0.1) is 5.41 Å². The van der Waals surface area contributed by atoms with E-state index in [1.54, 1.807) is 6.33 Å². The quantitative estimate of drug-likeness (QED) is 0.885. The molecule has 7 nitrogen and oxygen atoms in total. The maximum absolute atomic E-state index is 12.1. The molecule has 1 N–H and O–H groups in total. The Kier molecular flexibility index (Phi) is 4.02. The molecule has 0 radical (unpaired) electrons. The Morgan fingerprint density at radius 1 is 1.32 bits per heavy atom. The van der Waals surface area contributed by atoms with Crippen molar-refractivity contribution in [3.05, 3.63) is 12.2 Å². The van der Waals surface area contributed by atoms with Crippen molar-refractivity contribution in [2.45, 2.75) is 77.1 Å². The second-order valence-corrected chi connectivity index (χ2v) is 9.04. The van der Waals surface area contributed by atoms with Gasteiger partial charge in [-0.2, -0.15) is 5.10 Å². The number of nitrogens with one attached hydrogen (secondary N) is 1. The van der Waals surface area contributed by atoms with Gasteiger partial charge in [0.25, 0.3) is 0 Å². The van der Waals surface area contributed by atoms with Crippen molar-refractivity contribution in [1.82, 2.24) is 25.0 Å². The molecule has 2 unspecified atom stereocenters. The van der Waals surface area contributed by atoms with Gasteiger partial charge in [-0.25, -0.2) is 14.5 Å². The number of rotatable bonds is 2. The molecule has 0 bridgehead atoms. The van der Waals surface area contributed by atoms with Crippen molar-refractivity contribution >= 4 is 6.09 Å². The van der Waals surface area contributed by atoms with E-state index in [1.165, 1.54) is 12.8 Å². The van der Waals surface area contributed by atoms with Crippen LogP contribution in [0.25, 0.3) is 0 Å². The lowest BCUT2D eigenvalue weighted by atomic mass is 9.78. The first-order valence-electron chi connectivity index (χ1n) is 9.43. The van der Waals surface area contributed by atoms with Gasteiger partial charge in [-0.1, -0.05) is 0 Å². The number of carbonyl (C=O) groups is 1. The van der Waals surface area contributed by atoms with Gasteiger partial charge in [0.1, 0.15) is 17.8 Å². The third-order valence-electron chi connectivity index (χ3n) is 5.68. The van der Waals surface area contributed by atoms with Crippen LogP contribution >= 0.6 is 0 Å². The van der Waals surface area contributed by atoms with E-state index in [1.807, 2.05) is 30.4 Å². The molecule has 7 heteroatoms. The lowest BCUT2D eigenvalue weighted by molar-refractivity contribution is -0.0327. The van der Waals surface area contributed by atoms with E-state index in [2.05, 4.69) is 15.4 Å². The molecule has 25 heavy (non-hydrogen) atoms. The molecule has 1 amide bonds. The lowest BCUT2D eigenvalue weighted by Crippen LogP contribution is -2.58. The van der Waals surface area contributed by atoms with Gasteiger partial charge in [0.15, 0.2) is 0 Å². The van der Waals surface area contributed by atoms with E-state index < -0.39 is 5.60 Å². The van der Waals surface area contributed by atoms with E-state index in [0.29, 0.717) is 17.5 Å². The highest BCUT2D eigenvalue weighted by atomic mass is 16.6. The van der Waals surface area contributed by atoms with Crippen molar-refractivity contribution in [2.75, 3.05) is 13.1 Å². The molecule has 2 atom stereocenters. The van der Waals surface area contributed by atoms with Crippen LogP contribution in [0.5, 0.6) is 0 Å². The first-order valence-corrected chi connectivity index (χ1v) is 9.43. The number of aryl methyl sites for hydroxylation is 1. The van der Waals surface area contributed by atoms with Crippen LogP contribution in [0.2, 0.25) is 0 Å². The largest absolute Gasteiger partial charge is 0.444 e. The van der Waals surface area contributed by atoms with Gasteiger partial charge in [0.2, 0.25) is 0 Å². The minimum atomic E-state index is -0.416. The second-order valence-electron chi connectivity index (χ2n) is 9.04. The van der Waals surface area contributed by atoms with Crippen molar-refractivity contribution in [1.29, 1.82) is 0 Å². The molecular weight excluding hydrogens is 318 g/mol. The van der Waals surface area contributed by atoms with Gasteiger partial charge in [-0.05, 0) is 46.5 Å². The number of carbonyl (C=O) groups excluding carboxylic acids is 1. The van der Waals surface area contributed by atoms with Crippen LogP contribution in [0.4, 0.5) is 4.79 Å². The molecular formula is C18H29N5O2. The highest BCUT2D eigenvalue weighted by molar-refractivity contribution is 5.69. The molecule has 2 fully saturated rings. The predicted molar refractivity (Wildman–Crippen MR) is 93.1 cm³/mol. The number of likely N-dealkylation sites (tertiary alicyclic amines) is 1. The van der Waals surface area contributed by atoms with E-state index in [9.17, 15) is 4.79 Å². The Morgan fingerprint density at radius 2 is 2.12 bits per heavy atom. The Balaban J connectivity index is 1.25. The average Bonchev–Trinajstić information content (AvgIpc) is 3.10. The molecule has 1 saturated heterocycles. The Morgan fingerprint density at radius 3 is 2.88 bits per heavy atom. The summed E-state index contributed by atoms with van der Waals surface area (Å²) >= 11 is 0. The molecule has 4 rings (SSSR count). The first kappa shape index (κ1) is 16.8. The van der Waals surface area contributed by atoms with Crippen LogP contribution in [-0.4, -0.2) is 56.5 Å². The molecule has 1 aliphatic carbocycles. The SMILES string of the molecule is CC(C)(C)OC(=O)N1CC2(CCC(NC3CCc4ncnn4C3)C2)C1. The van der Waals surface area contributed by atoms with Gasteiger partial charge in [0.05, 0.1) is 6.54 Å². The fourth-order valence-electron chi connectivity index (χ4n) is 4.56. The molecule has 1 saturated carbocycles. The smallest absolute Gasteiger partial charge is 0.410 e. The van der Waals surface area contributed by atoms with Gasteiger partial charge < -0.3 is 15.0 Å². The predicted octanol–water partition coefficient (Wildman–Crippen LogP) is 1.97. The highest BCUT2D eigenvalue weighted by Crippen LogP contribution is 2.46. The Bertz CT molecular complexity index is 644. The van der Waals surface area contributed by atoms with E-state index in [-0.39, 0.29) is 6.09 Å². The topological polar surface area (TPSA) is 72.3 Å². The molecule has 1 aromatic rings. The fraction of sp³-hybridized carbons (Fsp3) is 0.833. The zero-order valence-corrected chi connectivity index (χ0v) is 15.5. The summed E-state index contributed by atoms with van der Waals surface area (Å²) in [4.78, 5) is 18.3. The minimum absolute atomic E-state index is 0.166. The normalized spacial score (nSPS) is 27.9. The van der Waals surface area contributed by atoms with Crippen LogP contribution in [0.15, 0.2) is 6.33 Å². The number of aromatic nitrogens is 3. The number of hydrogen-bond acceptors (Lipinski definition) is 5. The van der Waals surface area contributed by atoms with Crippen LogP contribution < -0.4 is 5.32 Å². The van der Waals surface area contributed by atoms with Gasteiger partial charge in [0, 0.05) is 37.0 Å². The van der Waals surface area contributed by atoms with Gasteiger partial charge >= 0.3 is 6.09 Å². The highest BCUT2D eigenvalue weighted by Gasteiger charge is 2.50. The summed E-state index contributed by atoms with van der Waals surface area (Å²) in [5.74, 6) is 1.10. The Hall–Kier alpha value is -1.63. The minimum Gasteiger partial charge on any atom is -0.444 e. The number of amides is 1. The maximum atomic E-state index is 12.1. The average molecular weight is 347 g/mol. The maximum Gasteiger partial charge on any atom is 0.410 e. The van der Waals surface area contributed by atoms with E-state index >= 15 is 0 Å². The third kappa shape index (κ3) is 3.52. The standard InChI is InChI=1S/C18H29N5O2/c1-17(2,3)25-16(24)22-10-18(11-22)7-6-13(8-18)21-14-4-5-15-19-12-20-23(15)9-14/h12-14,21H,4-11H2,1-3H3. The molecule has 0 aromatic carbocycles. The van der Waals surface area contributed by atoms with E-state index in [4.69, 9.17) is 4.74 Å². The third-order valence-corrected chi connectivity index (χ3v) is 5.68. The molecule has 3 heterocycles. The van der Waals surface area contributed by atoms with Crippen LogP contribution in [0.1, 0.15) is 52.3 Å². The number of hydrogen-bond donors (Lipinski definition) is 1. The van der Waals surface area contributed by atoms with Crippen molar-refractivity contribution in [3.63, 3.8) is 0 Å². The second kappa shape index (κ2) is 5.97. The zero-order valence-electron chi connectivity index (χ0n) is 15.5. The molecule has 138 valence electrons. The summed E-state index contributed by atoms with van der Waals surface area (Å²) in [5.41, 5.74) is -0.109. The van der Waals surface area contributed by atoms with Gasteiger partial charge in [-0.3, -0.25) is 0 Å². The summed E-state index contributed by atoms with van der Waals surface area (Å²) in [6, 6.07) is 1.03. The summed E-state index contributed by atoms with van der Waals surface area (Å²) < 4.78 is 7.50. The number of ether oxygens (including phenoxy) is 1. The summed E-state index contributed by atoms with van der Waals surface area (Å²) in [7, 11) is 0. The monoisotopic (exact) mass is 347 g/mol. The molecule has 1 aromatic heterocycles. The summed E-state index contributed by atoms with van der Waals surface area (Å²) in [5, 5.41) is 8.13. The number of nitrogens with zero attached hydrogens (tertiary/aromatic N) is 4. The van der Waals surface area contributed by atoms with Crippen molar-refractivity contribution in [2.24, 2.45) is 5.41 Å². The lowest BCUT2D eigenvalue weighted by Gasteiger charge is -2.48. The summed E-state index contributed by atoms with van der Waals surface area (Å²) in [6.07, 6.45) is 7.18. The fourth-order valence-corrected chi connectivity index (χ4v) is 4.56. The Labute approximate surface area is 149 Å². The molecule has 3 aliphatic rings. The first-order chi connectivity index (χ1) is 11.8. The number of fused-ring (bicyclic) bond motifs is 1. The van der Waals surface area contributed by atoms with Crippen molar-refractivity contribution in [3.8, 4) is 0 Å². The van der Waals surface area contributed by atoms with Crippen LogP contribution in [-0.2, 0) is 17.7 Å². The zero-order chi connectivity index (χ0) is 17.7. The molecule has 2 aliphatic heterocycles. The van der Waals surface area contributed by atoms with Gasteiger partial charge in [-0.15, -0.1) is 0 Å². The van der Waals surface area contributed by atoms with Crippen LogP contribution in [0.3, 0.4) is 0 Å².